The van der Waals surface area contributed by atoms with Gasteiger partial charge in [0.05, 0.1) is 5.01 Å². The molecule has 1 aromatic carbocycles. The first kappa shape index (κ1) is 19.2. The van der Waals surface area contributed by atoms with Gasteiger partial charge in [-0.2, -0.15) is 0 Å². The topological polar surface area (TPSA) is 56.3 Å². The molecular weight excluding hydrogens is 377 g/mol. The Hall–Kier alpha value is -2.08. The fourth-order valence-corrected chi connectivity index (χ4v) is 5.27. The van der Waals surface area contributed by atoms with E-state index in [0.717, 1.165) is 36.3 Å². The van der Waals surface area contributed by atoms with Crippen molar-refractivity contribution < 1.29 is 18.7 Å². The summed E-state index contributed by atoms with van der Waals surface area (Å²) in [4.78, 5) is 28.4. The van der Waals surface area contributed by atoms with E-state index in [-0.39, 0.29) is 23.9 Å². The third-order valence-electron chi connectivity index (χ3n) is 6.03. The van der Waals surface area contributed by atoms with Gasteiger partial charge in [0, 0.05) is 24.4 Å². The van der Waals surface area contributed by atoms with Crippen molar-refractivity contribution in [2.75, 3.05) is 0 Å². The van der Waals surface area contributed by atoms with E-state index in [1.54, 1.807) is 12.3 Å². The van der Waals surface area contributed by atoms with E-state index >= 15 is 0 Å². The lowest BCUT2D eigenvalue weighted by atomic mass is 9.76. The highest BCUT2D eigenvalue weighted by Crippen LogP contribution is 2.43. The smallest absolute Gasteiger partial charge is 0.313 e. The molecular formula is C22H24FNO3S. The molecule has 2 heterocycles. The number of esters is 1. The number of carbonyl (C=O) groups excluding carboxylic acids is 2. The first-order valence-electron chi connectivity index (χ1n) is 9.93. The zero-order valence-electron chi connectivity index (χ0n) is 15.8. The third kappa shape index (κ3) is 4.17. The SMILES string of the molecule is O=C1CC(=O)OC(CCc2ccc(Cc3nccs3)c(F)c2)(C2CCCC2)C1. The molecule has 1 unspecified atom stereocenters. The molecule has 1 saturated heterocycles. The molecule has 4 rings (SSSR count). The van der Waals surface area contributed by atoms with Crippen LogP contribution in [0.2, 0.25) is 0 Å². The van der Waals surface area contributed by atoms with Crippen molar-refractivity contribution in [3.05, 3.63) is 51.7 Å². The summed E-state index contributed by atoms with van der Waals surface area (Å²) < 4.78 is 20.4. The van der Waals surface area contributed by atoms with Crippen molar-refractivity contribution in [1.29, 1.82) is 0 Å². The number of hydrogen-bond donors (Lipinski definition) is 0. The first-order valence-corrected chi connectivity index (χ1v) is 10.8. The van der Waals surface area contributed by atoms with Gasteiger partial charge in [-0.05, 0) is 48.8 Å². The molecule has 1 saturated carbocycles. The number of Topliss-reactive ketones (excluding diaryl/α,β-unsaturated/α-hetero) is 1. The second-order valence-electron chi connectivity index (χ2n) is 7.94. The molecule has 28 heavy (non-hydrogen) atoms. The Morgan fingerprint density at radius 1 is 1.25 bits per heavy atom. The fourth-order valence-electron chi connectivity index (χ4n) is 4.63. The standard InChI is InChI=1S/C22H24FNO3S/c23-19-11-15(5-6-16(19)12-20-24-9-10-28-20)7-8-22(17-3-1-2-4-17)14-18(25)13-21(26)27-22/h5-6,9-11,17H,1-4,7-8,12-14H2. The number of hydrogen-bond acceptors (Lipinski definition) is 5. The quantitative estimate of drug-likeness (QED) is 0.523. The second kappa shape index (κ2) is 8.11. The molecule has 1 aliphatic heterocycles. The molecule has 4 nitrogen and oxygen atoms in total. The molecule has 0 bridgehead atoms. The van der Waals surface area contributed by atoms with Crippen LogP contribution in [0.25, 0.3) is 0 Å². The number of aromatic nitrogens is 1. The number of thiazole rings is 1. The predicted molar refractivity (Wildman–Crippen MR) is 105 cm³/mol. The largest absolute Gasteiger partial charge is 0.458 e. The molecule has 0 amide bonds. The highest BCUT2D eigenvalue weighted by molar-refractivity contribution is 7.09. The van der Waals surface area contributed by atoms with Crippen LogP contribution in [0.5, 0.6) is 0 Å². The number of ketones is 1. The Kier molecular flexibility index (Phi) is 5.58. The van der Waals surface area contributed by atoms with Gasteiger partial charge in [0.1, 0.15) is 23.6 Å². The molecule has 0 spiro atoms. The van der Waals surface area contributed by atoms with Gasteiger partial charge in [0.2, 0.25) is 0 Å². The van der Waals surface area contributed by atoms with Gasteiger partial charge in [-0.1, -0.05) is 25.0 Å². The average molecular weight is 402 g/mol. The molecule has 2 aromatic rings. The molecule has 1 aromatic heterocycles. The van der Waals surface area contributed by atoms with Crippen molar-refractivity contribution in [3.8, 4) is 0 Å². The Balaban J connectivity index is 1.48. The van der Waals surface area contributed by atoms with Crippen LogP contribution in [0, 0.1) is 11.7 Å². The number of nitrogens with zero attached hydrogens (tertiary/aromatic N) is 1. The van der Waals surface area contributed by atoms with Gasteiger partial charge in [0.15, 0.2) is 0 Å². The number of benzene rings is 1. The summed E-state index contributed by atoms with van der Waals surface area (Å²) in [5, 5.41) is 2.77. The van der Waals surface area contributed by atoms with Crippen molar-refractivity contribution in [1.82, 2.24) is 4.98 Å². The molecule has 6 heteroatoms. The van der Waals surface area contributed by atoms with Crippen molar-refractivity contribution >= 4 is 23.1 Å². The maximum Gasteiger partial charge on any atom is 0.313 e. The number of carbonyl (C=O) groups is 2. The number of aryl methyl sites for hydroxylation is 1. The van der Waals surface area contributed by atoms with Crippen LogP contribution < -0.4 is 0 Å². The average Bonchev–Trinajstić information content (AvgIpc) is 3.35. The van der Waals surface area contributed by atoms with E-state index in [1.807, 2.05) is 17.5 Å². The Morgan fingerprint density at radius 2 is 2.07 bits per heavy atom. The third-order valence-corrected chi connectivity index (χ3v) is 6.81. The first-order chi connectivity index (χ1) is 13.5. The highest BCUT2D eigenvalue weighted by Gasteiger charge is 2.47. The summed E-state index contributed by atoms with van der Waals surface area (Å²) in [6.45, 7) is 0. The predicted octanol–water partition coefficient (Wildman–Crippen LogP) is 4.64. The van der Waals surface area contributed by atoms with E-state index in [1.165, 1.54) is 11.3 Å². The van der Waals surface area contributed by atoms with Crippen LogP contribution in [0.3, 0.4) is 0 Å². The highest BCUT2D eigenvalue weighted by atomic mass is 32.1. The van der Waals surface area contributed by atoms with Crippen LogP contribution in [-0.4, -0.2) is 22.3 Å². The van der Waals surface area contributed by atoms with E-state index in [0.29, 0.717) is 31.2 Å². The minimum Gasteiger partial charge on any atom is -0.458 e. The van der Waals surface area contributed by atoms with Crippen LogP contribution in [-0.2, 0) is 27.2 Å². The maximum atomic E-state index is 14.6. The van der Waals surface area contributed by atoms with E-state index in [2.05, 4.69) is 4.98 Å². The molecule has 0 radical (unpaired) electrons. The molecule has 1 atom stereocenters. The summed E-state index contributed by atoms with van der Waals surface area (Å²) in [6, 6.07) is 5.31. The Labute approximate surface area is 168 Å². The van der Waals surface area contributed by atoms with Gasteiger partial charge in [0.25, 0.3) is 0 Å². The van der Waals surface area contributed by atoms with E-state index in [4.69, 9.17) is 4.74 Å². The zero-order chi connectivity index (χ0) is 19.6. The lowest BCUT2D eigenvalue weighted by Crippen LogP contribution is -2.48. The molecule has 2 fully saturated rings. The fraction of sp³-hybridized carbons (Fsp3) is 0.500. The molecule has 2 aliphatic rings. The van der Waals surface area contributed by atoms with Crippen LogP contribution in [0.4, 0.5) is 4.39 Å². The van der Waals surface area contributed by atoms with Gasteiger partial charge in [-0.25, -0.2) is 9.37 Å². The lowest BCUT2D eigenvalue weighted by Gasteiger charge is -2.41. The minimum absolute atomic E-state index is 0.0341. The van der Waals surface area contributed by atoms with Gasteiger partial charge in [-0.3, -0.25) is 9.59 Å². The summed E-state index contributed by atoms with van der Waals surface area (Å²) >= 11 is 1.52. The minimum atomic E-state index is -0.709. The van der Waals surface area contributed by atoms with Crippen molar-refractivity contribution in [2.45, 2.75) is 63.4 Å². The number of ether oxygens (including phenoxy) is 1. The molecule has 148 valence electrons. The van der Waals surface area contributed by atoms with Crippen molar-refractivity contribution in [3.63, 3.8) is 0 Å². The number of rotatable bonds is 6. The monoisotopic (exact) mass is 401 g/mol. The Morgan fingerprint density at radius 3 is 2.75 bits per heavy atom. The van der Waals surface area contributed by atoms with Crippen molar-refractivity contribution in [2.24, 2.45) is 5.92 Å². The van der Waals surface area contributed by atoms with Crippen LogP contribution in [0.1, 0.15) is 61.1 Å². The lowest BCUT2D eigenvalue weighted by molar-refractivity contribution is -0.178. The summed E-state index contributed by atoms with van der Waals surface area (Å²) in [6.07, 6.45) is 7.75. The second-order valence-corrected chi connectivity index (χ2v) is 8.92. The summed E-state index contributed by atoms with van der Waals surface area (Å²) in [7, 11) is 0. The molecule has 0 N–H and O–H groups in total. The van der Waals surface area contributed by atoms with E-state index < -0.39 is 11.6 Å². The number of cyclic esters (lactones) is 1. The van der Waals surface area contributed by atoms with Gasteiger partial charge >= 0.3 is 5.97 Å². The zero-order valence-corrected chi connectivity index (χ0v) is 16.6. The van der Waals surface area contributed by atoms with E-state index in [9.17, 15) is 14.0 Å². The summed E-state index contributed by atoms with van der Waals surface area (Å²) in [5.41, 5.74) is 0.786. The maximum absolute atomic E-state index is 14.6. The molecule has 1 aliphatic carbocycles. The number of halogens is 1. The normalized spacial score (nSPS) is 23.2. The van der Waals surface area contributed by atoms with Gasteiger partial charge in [-0.15, -0.1) is 11.3 Å². The Bertz CT molecular complexity index is 843. The van der Waals surface area contributed by atoms with Crippen LogP contribution >= 0.6 is 11.3 Å². The summed E-state index contributed by atoms with van der Waals surface area (Å²) in [5.74, 6) is -0.449. The van der Waals surface area contributed by atoms with Crippen LogP contribution in [0.15, 0.2) is 29.8 Å². The van der Waals surface area contributed by atoms with Gasteiger partial charge < -0.3 is 4.74 Å².